The van der Waals surface area contributed by atoms with Gasteiger partial charge < -0.3 is 10.5 Å². The lowest BCUT2D eigenvalue weighted by molar-refractivity contribution is -0.120. The highest BCUT2D eigenvalue weighted by Crippen LogP contribution is 2.39. The van der Waals surface area contributed by atoms with Crippen molar-refractivity contribution in [2.75, 3.05) is 17.2 Å². The first-order valence-corrected chi connectivity index (χ1v) is 14.2. The monoisotopic (exact) mass is 569 g/mol. The molecule has 2 amide bonds. The van der Waals surface area contributed by atoms with Crippen molar-refractivity contribution in [2.24, 2.45) is 11.8 Å². The van der Waals surface area contributed by atoms with Crippen LogP contribution >= 0.6 is 0 Å². The third-order valence-corrected chi connectivity index (χ3v) is 7.61. The summed E-state index contributed by atoms with van der Waals surface area (Å²) in [6, 6.07) is 11.0. The Morgan fingerprint density at radius 1 is 1.20 bits per heavy atom. The average molecular weight is 570 g/mol. The summed E-state index contributed by atoms with van der Waals surface area (Å²) in [5.41, 5.74) is 5.35. The Hall–Kier alpha value is -4.06. The topological polar surface area (TPSA) is 145 Å². The van der Waals surface area contributed by atoms with Crippen molar-refractivity contribution in [2.45, 2.75) is 51.6 Å². The summed E-state index contributed by atoms with van der Waals surface area (Å²) in [6.45, 7) is 9.75. The van der Waals surface area contributed by atoms with Crippen LogP contribution in [0.1, 0.15) is 51.4 Å². The number of benzene rings is 1. The van der Waals surface area contributed by atoms with Gasteiger partial charge in [0.2, 0.25) is 5.91 Å². The zero-order valence-electron chi connectivity index (χ0n) is 22.9. The molecule has 1 fully saturated rings. The van der Waals surface area contributed by atoms with E-state index in [4.69, 9.17) is 10.5 Å². The smallest absolute Gasteiger partial charge is 0.281 e. The van der Waals surface area contributed by atoms with Crippen LogP contribution in [0.25, 0.3) is 11.3 Å². The van der Waals surface area contributed by atoms with Crippen molar-refractivity contribution in [3.8, 4) is 17.0 Å². The number of rotatable bonds is 8. The van der Waals surface area contributed by atoms with E-state index in [1.54, 1.807) is 13.0 Å². The van der Waals surface area contributed by atoms with E-state index in [-0.39, 0.29) is 40.6 Å². The van der Waals surface area contributed by atoms with E-state index < -0.39 is 32.3 Å². The van der Waals surface area contributed by atoms with Gasteiger partial charge in [0.15, 0.2) is 5.03 Å². The minimum absolute atomic E-state index is 0.0349. The Morgan fingerprint density at radius 3 is 2.55 bits per heavy atom. The molecule has 4 rings (SSSR count). The first-order valence-electron chi connectivity index (χ1n) is 12.8. The fraction of sp³-hybridized carbons (Fsp3) is 0.357. The number of aromatic nitrogens is 2. The number of sulfonamides is 1. The number of hydrogen-bond donors (Lipinski definition) is 2. The Labute approximate surface area is 232 Å². The minimum atomic E-state index is -4.40. The zero-order valence-corrected chi connectivity index (χ0v) is 23.8. The molecule has 3 aromatic rings. The molecule has 3 heterocycles. The Bertz CT molecular complexity index is 1580. The first-order chi connectivity index (χ1) is 18.7. The third-order valence-electron chi connectivity index (χ3n) is 6.38. The molecular formula is C28H32FN5O5S. The Balaban J connectivity index is 1.80. The molecule has 40 heavy (non-hydrogen) atoms. The minimum Gasteiger partial charge on any atom is -0.493 e. The molecule has 1 saturated heterocycles. The average Bonchev–Trinajstić information content (AvgIpc) is 3.07. The highest BCUT2D eigenvalue weighted by atomic mass is 32.2. The van der Waals surface area contributed by atoms with Crippen LogP contribution in [-0.2, 0) is 14.8 Å². The molecule has 1 aliphatic heterocycles. The van der Waals surface area contributed by atoms with Gasteiger partial charge in [0.25, 0.3) is 15.9 Å². The quantitative estimate of drug-likeness (QED) is 0.411. The van der Waals surface area contributed by atoms with Gasteiger partial charge in [0.05, 0.1) is 17.9 Å². The van der Waals surface area contributed by atoms with Crippen molar-refractivity contribution in [1.82, 2.24) is 14.7 Å². The van der Waals surface area contributed by atoms with Gasteiger partial charge in [-0.25, -0.2) is 19.1 Å². The predicted octanol–water partition coefficient (Wildman–Crippen LogP) is 4.17. The van der Waals surface area contributed by atoms with Gasteiger partial charge in [-0.15, -0.1) is 0 Å². The number of carbonyl (C=O) groups is 2. The SMILES string of the molecule is CC(C)COc1cc(F)cc(-c2ccc(C(=O)NS(=O)(=O)c3cccc(N)n3)c(N3C(=O)[C@@H](C)CC3(C)C)n2)c1. The number of nitrogen functional groups attached to an aromatic ring is 1. The van der Waals surface area contributed by atoms with Gasteiger partial charge in [-0.3, -0.25) is 14.5 Å². The summed E-state index contributed by atoms with van der Waals surface area (Å²) in [4.78, 5) is 36.5. The number of nitrogens with zero attached hydrogens (tertiary/aromatic N) is 3. The van der Waals surface area contributed by atoms with E-state index in [1.807, 2.05) is 32.4 Å². The number of hydrogen-bond acceptors (Lipinski definition) is 8. The van der Waals surface area contributed by atoms with Crippen molar-refractivity contribution in [3.05, 3.63) is 59.9 Å². The summed E-state index contributed by atoms with van der Waals surface area (Å²) in [6.07, 6.45) is 0.484. The molecule has 3 N–H and O–H groups in total. The fourth-order valence-corrected chi connectivity index (χ4v) is 5.60. The number of nitrogens with two attached hydrogens (primary N) is 1. The van der Waals surface area contributed by atoms with Crippen molar-refractivity contribution < 1.29 is 27.1 Å². The number of pyridine rings is 2. The Morgan fingerprint density at radius 2 is 1.93 bits per heavy atom. The predicted molar refractivity (Wildman–Crippen MR) is 149 cm³/mol. The number of amides is 2. The number of ether oxygens (including phenoxy) is 1. The maximum atomic E-state index is 14.5. The molecular weight excluding hydrogens is 537 g/mol. The summed E-state index contributed by atoms with van der Waals surface area (Å²) < 4.78 is 48.1. The highest BCUT2D eigenvalue weighted by molar-refractivity contribution is 7.90. The molecule has 0 saturated carbocycles. The molecule has 1 aromatic carbocycles. The van der Waals surface area contributed by atoms with Crippen LogP contribution in [0.4, 0.5) is 16.0 Å². The van der Waals surface area contributed by atoms with Gasteiger partial charge in [-0.1, -0.05) is 26.8 Å². The number of carbonyl (C=O) groups excluding carboxylic acids is 2. The number of halogens is 1. The largest absolute Gasteiger partial charge is 0.493 e. The number of nitrogens with one attached hydrogen (secondary N) is 1. The van der Waals surface area contributed by atoms with Crippen LogP contribution in [0.3, 0.4) is 0 Å². The van der Waals surface area contributed by atoms with Crippen LogP contribution in [0.5, 0.6) is 5.75 Å². The second-order valence-electron chi connectivity index (χ2n) is 10.9. The fourth-order valence-electron chi connectivity index (χ4n) is 4.66. The van der Waals surface area contributed by atoms with Crippen molar-refractivity contribution in [1.29, 1.82) is 0 Å². The van der Waals surface area contributed by atoms with E-state index >= 15 is 0 Å². The normalized spacial score (nSPS) is 16.8. The molecule has 1 atom stereocenters. The van der Waals surface area contributed by atoms with E-state index in [0.29, 0.717) is 24.3 Å². The highest BCUT2D eigenvalue weighted by Gasteiger charge is 2.45. The lowest BCUT2D eigenvalue weighted by Gasteiger charge is -2.32. The van der Waals surface area contributed by atoms with Crippen molar-refractivity contribution in [3.63, 3.8) is 0 Å². The molecule has 0 unspecified atom stereocenters. The summed E-state index contributed by atoms with van der Waals surface area (Å²) in [5, 5.41) is -0.438. The maximum absolute atomic E-state index is 14.5. The number of anilines is 2. The first kappa shape index (κ1) is 28.9. The van der Waals surface area contributed by atoms with E-state index in [0.717, 1.165) is 0 Å². The lowest BCUT2D eigenvalue weighted by Crippen LogP contribution is -2.43. The molecule has 0 bridgehead atoms. The van der Waals surface area contributed by atoms with Crippen LogP contribution in [0.2, 0.25) is 0 Å². The van der Waals surface area contributed by atoms with Gasteiger partial charge in [-0.05, 0) is 62.6 Å². The maximum Gasteiger partial charge on any atom is 0.281 e. The standard InChI is InChI=1S/C28H32FN5O5S/c1-16(2)15-39-20-12-18(11-19(29)13-20)22-10-9-21(25(31-22)34-27(36)17(3)14-28(34,4)5)26(35)33-40(37,38)24-8-6-7-23(30)32-24/h6-13,16-17H,14-15H2,1-5H3,(H2,30,32)(H,33,35)/t17-/m0/s1. The molecule has 212 valence electrons. The van der Waals surface area contributed by atoms with Crippen molar-refractivity contribution >= 4 is 33.5 Å². The van der Waals surface area contributed by atoms with E-state index in [1.165, 1.54) is 47.4 Å². The van der Waals surface area contributed by atoms with Gasteiger partial charge >= 0.3 is 0 Å². The Kier molecular flexibility index (Phi) is 7.84. The molecule has 0 spiro atoms. The molecule has 10 nitrogen and oxygen atoms in total. The molecule has 0 aliphatic carbocycles. The molecule has 1 aliphatic rings. The second-order valence-corrected chi connectivity index (χ2v) is 12.5. The summed E-state index contributed by atoms with van der Waals surface area (Å²) in [5.74, 6) is -1.74. The van der Waals surface area contributed by atoms with Crippen LogP contribution < -0.4 is 20.1 Å². The van der Waals surface area contributed by atoms with Crippen LogP contribution in [-0.4, -0.2) is 42.3 Å². The second kappa shape index (κ2) is 10.8. The van der Waals surface area contributed by atoms with E-state index in [2.05, 4.69) is 9.97 Å². The lowest BCUT2D eigenvalue weighted by atomic mass is 9.97. The molecule has 0 radical (unpaired) electrons. The van der Waals surface area contributed by atoms with Crippen LogP contribution in [0, 0.1) is 17.7 Å². The summed E-state index contributed by atoms with van der Waals surface area (Å²) >= 11 is 0. The van der Waals surface area contributed by atoms with E-state index in [9.17, 15) is 22.4 Å². The molecule has 12 heteroatoms. The molecule has 2 aromatic heterocycles. The van der Waals surface area contributed by atoms with Crippen LogP contribution in [0.15, 0.2) is 53.6 Å². The van der Waals surface area contributed by atoms with Gasteiger partial charge in [0.1, 0.15) is 23.2 Å². The van der Waals surface area contributed by atoms with Gasteiger partial charge in [-0.2, -0.15) is 8.42 Å². The third kappa shape index (κ3) is 6.06. The summed E-state index contributed by atoms with van der Waals surface area (Å²) in [7, 11) is -4.40. The zero-order chi connectivity index (χ0) is 29.4. The van der Waals surface area contributed by atoms with Gasteiger partial charge in [0, 0.05) is 23.1 Å².